The van der Waals surface area contributed by atoms with Crippen LogP contribution in [0.4, 0.5) is 0 Å². The molecule has 2 saturated heterocycles. The van der Waals surface area contributed by atoms with Gasteiger partial charge in [-0.1, -0.05) is 19.1 Å². The van der Waals surface area contributed by atoms with Gasteiger partial charge in [0.05, 0.1) is 16.8 Å². The Hall–Kier alpha value is -1.70. The van der Waals surface area contributed by atoms with Gasteiger partial charge in [0.25, 0.3) is 5.91 Å². The lowest BCUT2D eigenvalue weighted by atomic mass is 9.96. The first-order valence-electron chi connectivity index (χ1n) is 11.0. The normalized spacial score (nSPS) is 22.0. The molecule has 162 valence electrons. The van der Waals surface area contributed by atoms with Gasteiger partial charge in [-0.05, 0) is 67.6 Å². The largest absolute Gasteiger partial charge is 0.354 e. The molecular weight excluding hydrogens is 414 g/mol. The van der Waals surface area contributed by atoms with Gasteiger partial charge in [-0.15, -0.1) is 22.7 Å². The van der Waals surface area contributed by atoms with Crippen LogP contribution in [0.25, 0.3) is 0 Å². The van der Waals surface area contributed by atoms with Gasteiger partial charge < -0.3 is 10.2 Å². The third-order valence-electron chi connectivity index (χ3n) is 6.41. The van der Waals surface area contributed by atoms with Gasteiger partial charge in [0.1, 0.15) is 0 Å². The molecule has 1 N–H and O–H groups in total. The SMILES string of the molecule is CC1CCN(C(CNC(=O)C2CCCN(C(=O)c3cccs3)C2)c2cccs2)CC1. The number of carbonyl (C=O) groups is 2. The average Bonchev–Trinajstić information content (AvgIpc) is 3.49. The molecule has 30 heavy (non-hydrogen) atoms. The molecule has 2 fully saturated rings. The van der Waals surface area contributed by atoms with Gasteiger partial charge in [0.2, 0.25) is 5.91 Å². The van der Waals surface area contributed by atoms with Crippen molar-refractivity contribution >= 4 is 34.5 Å². The summed E-state index contributed by atoms with van der Waals surface area (Å²) in [5.41, 5.74) is 0. The van der Waals surface area contributed by atoms with Crippen molar-refractivity contribution in [1.29, 1.82) is 0 Å². The predicted molar refractivity (Wildman–Crippen MR) is 123 cm³/mol. The molecule has 5 nitrogen and oxygen atoms in total. The van der Waals surface area contributed by atoms with E-state index in [9.17, 15) is 9.59 Å². The molecule has 2 aromatic heterocycles. The molecule has 4 rings (SSSR count). The summed E-state index contributed by atoms with van der Waals surface area (Å²) in [6.45, 7) is 6.41. The number of nitrogens with zero attached hydrogens (tertiary/aromatic N) is 2. The summed E-state index contributed by atoms with van der Waals surface area (Å²) in [6.07, 6.45) is 4.18. The summed E-state index contributed by atoms with van der Waals surface area (Å²) in [7, 11) is 0. The zero-order chi connectivity index (χ0) is 20.9. The quantitative estimate of drug-likeness (QED) is 0.723. The first-order chi connectivity index (χ1) is 14.6. The van der Waals surface area contributed by atoms with Crippen LogP contribution in [-0.2, 0) is 4.79 Å². The lowest BCUT2D eigenvalue weighted by Gasteiger charge is -2.37. The van der Waals surface area contributed by atoms with Gasteiger partial charge >= 0.3 is 0 Å². The second-order valence-corrected chi connectivity index (χ2v) is 10.5. The van der Waals surface area contributed by atoms with Crippen molar-refractivity contribution < 1.29 is 9.59 Å². The van der Waals surface area contributed by atoms with E-state index in [0.29, 0.717) is 13.1 Å². The maximum atomic E-state index is 13.0. The highest BCUT2D eigenvalue weighted by Crippen LogP contribution is 2.29. The topological polar surface area (TPSA) is 52.7 Å². The molecule has 2 atom stereocenters. The Morgan fingerprint density at radius 1 is 1.10 bits per heavy atom. The van der Waals surface area contributed by atoms with Gasteiger partial charge in [-0.2, -0.15) is 0 Å². The molecule has 0 radical (unpaired) electrons. The van der Waals surface area contributed by atoms with Crippen molar-refractivity contribution in [2.75, 3.05) is 32.7 Å². The maximum absolute atomic E-state index is 13.0. The van der Waals surface area contributed by atoms with Crippen molar-refractivity contribution in [1.82, 2.24) is 15.1 Å². The molecule has 4 heterocycles. The van der Waals surface area contributed by atoms with E-state index in [1.807, 2.05) is 22.4 Å². The molecule has 7 heteroatoms. The summed E-state index contributed by atoms with van der Waals surface area (Å²) in [5, 5.41) is 7.28. The van der Waals surface area contributed by atoms with E-state index in [0.717, 1.165) is 43.3 Å². The molecule has 0 saturated carbocycles. The molecule has 0 bridgehead atoms. The first-order valence-corrected chi connectivity index (χ1v) is 12.8. The number of hydrogen-bond acceptors (Lipinski definition) is 5. The fourth-order valence-corrected chi connectivity index (χ4v) is 6.06. The highest BCUT2D eigenvalue weighted by molar-refractivity contribution is 7.12. The zero-order valence-corrected chi connectivity index (χ0v) is 19.2. The highest BCUT2D eigenvalue weighted by atomic mass is 32.1. The number of thiophene rings is 2. The Morgan fingerprint density at radius 3 is 2.57 bits per heavy atom. The third kappa shape index (κ3) is 5.13. The van der Waals surface area contributed by atoms with E-state index in [2.05, 4.69) is 34.7 Å². The van der Waals surface area contributed by atoms with Crippen LogP contribution in [0.3, 0.4) is 0 Å². The van der Waals surface area contributed by atoms with Crippen molar-refractivity contribution in [3.05, 3.63) is 44.8 Å². The first kappa shape index (κ1) is 21.5. The molecule has 2 aliphatic rings. The van der Waals surface area contributed by atoms with E-state index in [1.54, 1.807) is 11.3 Å². The number of piperidine rings is 2. The maximum Gasteiger partial charge on any atom is 0.263 e. The van der Waals surface area contributed by atoms with Crippen LogP contribution in [0.15, 0.2) is 35.0 Å². The van der Waals surface area contributed by atoms with Crippen molar-refractivity contribution in [3.8, 4) is 0 Å². The molecule has 2 unspecified atom stereocenters. The minimum atomic E-state index is -0.118. The lowest BCUT2D eigenvalue weighted by Crippen LogP contribution is -2.47. The molecule has 0 spiro atoms. The van der Waals surface area contributed by atoms with Crippen LogP contribution < -0.4 is 5.32 Å². The van der Waals surface area contributed by atoms with E-state index >= 15 is 0 Å². The van der Waals surface area contributed by atoms with Gasteiger partial charge in [-0.25, -0.2) is 0 Å². The van der Waals surface area contributed by atoms with Crippen LogP contribution in [0.5, 0.6) is 0 Å². The number of carbonyl (C=O) groups excluding carboxylic acids is 2. The minimum Gasteiger partial charge on any atom is -0.354 e. The Morgan fingerprint density at radius 2 is 1.87 bits per heavy atom. The summed E-state index contributed by atoms with van der Waals surface area (Å²) >= 11 is 3.24. The standard InChI is InChI=1S/C23H31N3O2S2/c1-17-8-11-25(12-9-17)19(20-6-3-13-29-20)15-24-22(27)18-5-2-10-26(16-18)23(28)21-7-4-14-30-21/h3-4,6-7,13-14,17-19H,2,5,8-12,15-16H2,1H3,(H,24,27). The Balaban J connectivity index is 1.35. The van der Waals surface area contributed by atoms with Crippen molar-refractivity contribution in [2.45, 2.75) is 38.6 Å². The second kappa shape index (κ2) is 10.1. The van der Waals surface area contributed by atoms with E-state index in [-0.39, 0.29) is 23.8 Å². The van der Waals surface area contributed by atoms with E-state index in [4.69, 9.17) is 0 Å². The third-order valence-corrected chi connectivity index (χ3v) is 8.24. The summed E-state index contributed by atoms with van der Waals surface area (Å²) < 4.78 is 0. The average molecular weight is 446 g/mol. The molecular formula is C23H31N3O2S2. The summed E-state index contributed by atoms with van der Waals surface area (Å²) in [4.78, 5) is 32.1. The lowest BCUT2D eigenvalue weighted by molar-refractivity contribution is -0.126. The summed E-state index contributed by atoms with van der Waals surface area (Å²) in [6, 6.07) is 8.28. The zero-order valence-electron chi connectivity index (χ0n) is 17.6. The molecule has 2 amide bonds. The monoisotopic (exact) mass is 445 g/mol. The van der Waals surface area contributed by atoms with Gasteiger partial charge in [0.15, 0.2) is 0 Å². The van der Waals surface area contributed by atoms with E-state index < -0.39 is 0 Å². The molecule has 0 aliphatic carbocycles. The number of hydrogen-bond donors (Lipinski definition) is 1. The Labute approximate surface area is 187 Å². The number of rotatable bonds is 6. The Bertz CT molecular complexity index is 814. The van der Waals surface area contributed by atoms with Crippen LogP contribution in [0, 0.1) is 11.8 Å². The van der Waals surface area contributed by atoms with Crippen molar-refractivity contribution in [3.63, 3.8) is 0 Å². The molecule has 0 aromatic carbocycles. The fourth-order valence-electron chi connectivity index (χ4n) is 4.50. The Kier molecular flexibility index (Phi) is 7.23. The second-order valence-electron chi connectivity index (χ2n) is 8.56. The van der Waals surface area contributed by atoms with Crippen LogP contribution >= 0.6 is 22.7 Å². The number of amides is 2. The summed E-state index contributed by atoms with van der Waals surface area (Å²) in [5.74, 6) is 0.814. The van der Waals surface area contributed by atoms with Crippen LogP contribution in [-0.4, -0.2) is 54.3 Å². The minimum absolute atomic E-state index is 0.0569. The number of likely N-dealkylation sites (tertiary alicyclic amines) is 2. The molecule has 2 aromatic rings. The molecule has 2 aliphatic heterocycles. The van der Waals surface area contributed by atoms with Crippen molar-refractivity contribution in [2.24, 2.45) is 11.8 Å². The number of nitrogens with one attached hydrogen (secondary N) is 1. The van der Waals surface area contributed by atoms with Gasteiger partial charge in [-0.3, -0.25) is 14.5 Å². The predicted octanol–water partition coefficient (Wildman–Crippen LogP) is 4.25. The van der Waals surface area contributed by atoms with Gasteiger partial charge in [0, 0.05) is 24.5 Å². The van der Waals surface area contributed by atoms with Crippen LogP contribution in [0.2, 0.25) is 0 Å². The van der Waals surface area contributed by atoms with E-state index in [1.165, 1.54) is 29.1 Å². The fraction of sp³-hybridized carbons (Fsp3) is 0.565. The van der Waals surface area contributed by atoms with Crippen LogP contribution in [0.1, 0.15) is 53.2 Å². The smallest absolute Gasteiger partial charge is 0.263 e. The highest BCUT2D eigenvalue weighted by Gasteiger charge is 2.31.